The van der Waals surface area contributed by atoms with Crippen molar-refractivity contribution >= 4 is 34.7 Å². The molecule has 0 fully saturated rings. The number of rotatable bonds is 7. The molecule has 0 aliphatic heterocycles. The van der Waals surface area contributed by atoms with Gasteiger partial charge in [0.2, 0.25) is 0 Å². The maximum absolute atomic E-state index is 5.87. The van der Waals surface area contributed by atoms with E-state index in [2.05, 4.69) is 15.2 Å². The first-order valence-corrected chi connectivity index (χ1v) is 10.3. The van der Waals surface area contributed by atoms with Crippen molar-refractivity contribution in [2.45, 2.75) is 17.5 Å². The monoisotopic (exact) mass is 418 g/mol. The van der Waals surface area contributed by atoms with Crippen molar-refractivity contribution in [2.75, 3.05) is 0 Å². The van der Waals surface area contributed by atoms with Crippen LogP contribution in [0.2, 0.25) is 5.02 Å². The van der Waals surface area contributed by atoms with Gasteiger partial charge >= 0.3 is 0 Å². The normalized spacial score (nSPS) is 11.0. The summed E-state index contributed by atoms with van der Waals surface area (Å²) < 4.78 is 13.0. The number of thiazole rings is 1. The van der Waals surface area contributed by atoms with Crippen molar-refractivity contribution in [3.8, 4) is 17.3 Å². The first-order chi connectivity index (χ1) is 13.2. The number of halogens is 1. The van der Waals surface area contributed by atoms with Crippen molar-refractivity contribution in [2.24, 2.45) is 7.05 Å². The lowest BCUT2D eigenvalue weighted by Crippen LogP contribution is -1.96. The lowest BCUT2D eigenvalue weighted by molar-refractivity contribution is 0.305. The van der Waals surface area contributed by atoms with Crippen LogP contribution in [0.4, 0.5) is 0 Å². The maximum Gasteiger partial charge on any atom is 0.200 e. The average Bonchev–Trinajstić information content (AvgIpc) is 3.41. The highest BCUT2D eigenvalue weighted by Crippen LogP contribution is 2.26. The minimum atomic E-state index is 0.434. The fourth-order valence-corrected chi connectivity index (χ4v) is 4.10. The lowest BCUT2D eigenvalue weighted by atomic mass is 10.3. The van der Waals surface area contributed by atoms with E-state index in [0.717, 1.165) is 21.6 Å². The highest BCUT2D eigenvalue weighted by Gasteiger charge is 2.14. The third-order valence-electron chi connectivity index (χ3n) is 3.70. The number of nitrogens with zero attached hydrogens (tertiary/aromatic N) is 4. The molecule has 138 valence electrons. The summed E-state index contributed by atoms with van der Waals surface area (Å²) in [4.78, 5) is 4.61. The Morgan fingerprint density at radius 3 is 2.85 bits per heavy atom. The van der Waals surface area contributed by atoms with Crippen LogP contribution in [0.15, 0.2) is 57.6 Å². The first-order valence-electron chi connectivity index (χ1n) is 8.07. The smallest absolute Gasteiger partial charge is 0.200 e. The number of aromatic nitrogens is 4. The molecule has 0 aliphatic carbocycles. The molecule has 0 radical (unpaired) electrons. The quantitative estimate of drug-likeness (QED) is 0.391. The molecule has 27 heavy (non-hydrogen) atoms. The molecule has 0 unspecified atom stereocenters. The van der Waals surface area contributed by atoms with Crippen LogP contribution >= 0.6 is 34.7 Å². The van der Waals surface area contributed by atoms with E-state index in [4.69, 9.17) is 20.8 Å². The second kappa shape index (κ2) is 8.16. The summed E-state index contributed by atoms with van der Waals surface area (Å²) in [5.41, 5.74) is 0.988. The Hall–Kier alpha value is -2.29. The summed E-state index contributed by atoms with van der Waals surface area (Å²) in [5, 5.41) is 12.9. The Kier molecular flexibility index (Phi) is 5.47. The Labute approximate surface area is 169 Å². The van der Waals surface area contributed by atoms with Gasteiger partial charge in [0.1, 0.15) is 17.4 Å². The summed E-state index contributed by atoms with van der Waals surface area (Å²) in [6, 6.07) is 11.0. The molecule has 9 heteroatoms. The number of benzene rings is 1. The molecule has 1 aromatic carbocycles. The Bertz CT molecular complexity index is 1010. The van der Waals surface area contributed by atoms with Crippen molar-refractivity contribution in [1.82, 2.24) is 19.7 Å². The van der Waals surface area contributed by atoms with E-state index in [9.17, 15) is 0 Å². The zero-order valence-corrected chi connectivity index (χ0v) is 16.7. The first kappa shape index (κ1) is 18.1. The van der Waals surface area contributed by atoms with Gasteiger partial charge in [-0.2, -0.15) is 0 Å². The van der Waals surface area contributed by atoms with Crippen LogP contribution in [-0.2, 0) is 19.4 Å². The molecule has 4 rings (SSSR count). The molecule has 3 aromatic heterocycles. The Balaban J connectivity index is 1.34. The third kappa shape index (κ3) is 4.35. The van der Waals surface area contributed by atoms with Gasteiger partial charge in [-0.3, -0.25) is 0 Å². The molecular formula is C18H15ClN4O2S2. The molecule has 0 N–H and O–H groups in total. The number of hydrogen-bond donors (Lipinski definition) is 0. The lowest BCUT2D eigenvalue weighted by Gasteiger charge is -2.03. The summed E-state index contributed by atoms with van der Waals surface area (Å²) in [7, 11) is 1.92. The van der Waals surface area contributed by atoms with E-state index in [1.54, 1.807) is 41.5 Å². The summed E-state index contributed by atoms with van der Waals surface area (Å²) in [6.07, 6.45) is 1.62. The molecule has 4 aromatic rings. The summed E-state index contributed by atoms with van der Waals surface area (Å²) in [5.74, 6) is 2.89. The van der Waals surface area contributed by atoms with E-state index >= 15 is 0 Å². The molecule has 0 saturated carbocycles. The zero-order valence-electron chi connectivity index (χ0n) is 14.3. The van der Waals surface area contributed by atoms with Gasteiger partial charge in [-0.1, -0.05) is 23.4 Å². The summed E-state index contributed by atoms with van der Waals surface area (Å²) >= 11 is 9.04. The largest absolute Gasteiger partial charge is 0.486 e. The highest BCUT2D eigenvalue weighted by atomic mass is 35.5. The average molecular weight is 419 g/mol. The SMILES string of the molecule is Cn1c(SCc2csc(COc3ccc(Cl)cc3)n2)nnc1-c1ccco1. The van der Waals surface area contributed by atoms with Crippen LogP contribution in [-0.4, -0.2) is 19.7 Å². The van der Waals surface area contributed by atoms with Crippen molar-refractivity contribution in [3.05, 3.63) is 63.8 Å². The van der Waals surface area contributed by atoms with Crippen LogP contribution in [0.1, 0.15) is 10.7 Å². The Morgan fingerprint density at radius 1 is 1.22 bits per heavy atom. The molecule has 0 amide bonds. The highest BCUT2D eigenvalue weighted by molar-refractivity contribution is 7.98. The van der Waals surface area contributed by atoms with Crippen LogP contribution in [0.3, 0.4) is 0 Å². The van der Waals surface area contributed by atoms with Crippen LogP contribution < -0.4 is 4.74 Å². The fraction of sp³-hybridized carbons (Fsp3) is 0.167. The van der Waals surface area contributed by atoms with Crippen molar-refractivity contribution in [3.63, 3.8) is 0 Å². The van der Waals surface area contributed by atoms with E-state index in [1.165, 1.54) is 0 Å². The van der Waals surface area contributed by atoms with Gasteiger partial charge in [0.05, 0.1) is 12.0 Å². The number of hydrogen-bond acceptors (Lipinski definition) is 7. The second-order valence-electron chi connectivity index (χ2n) is 5.61. The van der Waals surface area contributed by atoms with Crippen molar-refractivity contribution < 1.29 is 9.15 Å². The van der Waals surface area contributed by atoms with Gasteiger partial charge in [-0.15, -0.1) is 21.5 Å². The topological polar surface area (TPSA) is 66.0 Å². The standard InChI is InChI=1S/C18H15ClN4O2S2/c1-23-17(15-3-2-8-24-15)21-22-18(23)27-11-13-10-26-16(20-13)9-25-14-6-4-12(19)5-7-14/h2-8,10H,9,11H2,1H3. The molecule has 6 nitrogen and oxygen atoms in total. The predicted molar refractivity (Wildman–Crippen MR) is 106 cm³/mol. The minimum Gasteiger partial charge on any atom is -0.486 e. The third-order valence-corrected chi connectivity index (χ3v) is 5.88. The number of thioether (sulfide) groups is 1. The fourth-order valence-electron chi connectivity index (χ4n) is 2.36. The second-order valence-corrected chi connectivity index (χ2v) is 7.93. The molecule has 0 bridgehead atoms. The van der Waals surface area contributed by atoms with Gasteiger partial charge in [-0.25, -0.2) is 4.98 Å². The van der Waals surface area contributed by atoms with Gasteiger partial charge < -0.3 is 13.7 Å². The van der Waals surface area contributed by atoms with Crippen LogP contribution in [0, 0.1) is 0 Å². The van der Waals surface area contributed by atoms with Crippen LogP contribution in [0.25, 0.3) is 11.6 Å². The zero-order chi connectivity index (χ0) is 18.6. The molecule has 0 saturated heterocycles. The molecule has 3 heterocycles. The molecule has 0 atom stereocenters. The van der Waals surface area contributed by atoms with Crippen molar-refractivity contribution in [1.29, 1.82) is 0 Å². The molecular weight excluding hydrogens is 404 g/mol. The molecule has 0 aliphatic rings. The van der Waals surface area contributed by atoms with Gasteiger partial charge in [-0.05, 0) is 36.4 Å². The van der Waals surface area contributed by atoms with Crippen LogP contribution in [0.5, 0.6) is 5.75 Å². The molecule has 0 spiro atoms. The predicted octanol–water partition coefficient (Wildman–Crippen LogP) is 5.06. The van der Waals surface area contributed by atoms with E-state index in [-0.39, 0.29) is 0 Å². The van der Waals surface area contributed by atoms with Gasteiger partial charge in [0, 0.05) is 23.2 Å². The Morgan fingerprint density at radius 2 is 2.07 bits per heavy atom. The maximum atomic E-state index is 5.87. The van der Waals surface area contributed by atoms with Gasteiger partial charge in [0.15, 0.2) is 16.7 Å². The number of ether oxygens (including phenoxy) is 1. The van der Waals surface area contributed by atoms with E-state index < -0.39 is 0 Å². The van der Waals surface area contributed by atoms with E-state index in [1.807, 2.05) is 41.3 Å². The summed E-state index contributed by atoms with van der Waals surface area (Å²) in [6.45, 7) is 0.434. The van der Waals surface area contributed by atoms with Gasteiger partial charge in [0.25, 0.3) is 0 Å². The minimum absolute atomic E-state index is 0.434. The van der Waals surface area contributed by atoms with E-state index in [0.29, 0.717) is 29.0 Å². The number of furan rings is 1.